The molecular weight excluding hydrogens is 304 g/mol. The van der Waals surface area contributed by atoms with Gasteiger partial charge in [-0.1, -0.05) is 0 Å². The number of carbonyl (C=O) groups is 4. The van der Waals surface area contributed by atoms with Crippen LogP contribution in [-0.4, -0.2) is 69.0 Å². The predicted molar refractivity (Wildman–Crippen MR) is 73.4 cm³/mol. The summed E-state index contributed by atoms with van der Waals surface area (Å²) in [4.78, 5) is 39.0. The minimum atomic E-state index is -1.21. The Hall–Kier alpha value is -2.28. The molecule has 0 saturated heterocycles. The van der Waals surface area contributed by atoms with Gasteiger partial charge in [0.1, 0.15) is 12.1 Å². The van der Waals surface area contributed by atoms with E-state index in [9.17, 15) is 19.2 Å². The molecule has 12 nitrogen and oxygen atoms in total. The quantitative estimate of drug-likeness (QED) is 0.234. The zero-order valence-electron chi connectivity index (χ0n) is 11.9. The average molecular weight is 326 g/mol. The molecule has 0 radical (unpaired) electrons. The molecule has 0 saturated carbocycles. The van der Waals surface area contributed by atoms with Crippen LogP contribution in [0.3, 0.4) is 0 Å². The first-order valence-electron chi connectivity index (χ1n) is 5.71. The first-order valence-corrected chi connectivity index (χ1v) is 5.71. The summed E-state index contributed by atoms with van der Waals surface area (Å²) in [5.41, 5.74) is 19.0. The molecule has 0 aromatic heterocycles. The van der Waals surface area contributed by atoms with Crippen LogP contribution >= 0.6 is 0 Å². The van der Waals surface area contributed by atoms with E-state index in [0.29, 0.717) is 0 Å². The van der Waals surface area contributed by atoms with Gasteiger partial charge in [-0.3, -0.25) is 19.2 Å². The van der Waals surface area contributed by atoms with Gasteiger partial charge in [0.15, 0.2) is 0 Å². The van der Waals surface area contributed by atoms with E-state index in [-0.39, 0.29) is 13.0 Å². The molecule has 3 atom stereocenters. The zero-order valence-corrected chi connectivity index (χ0v) is 11.9. The number of primary amides is 1. The van der Waals surface area contributed by atoms with E-state index in [2.05, 4.69) is 11.5 Å². The number of rotatable bonds is 6. The molecule has 0 aliphatic carbocycles. The summed E-state index contributed by atoms with van der Waals surface area (Å²) < 4.78 is 0. The standard InChI is InChI=1S/C4H8N2O3.C4H9NO3.C2H5NO2/c5-2(4(8)9)1-3(6)7;1-2(6)3(5)4(7)8;3-1-2(4)5/h2H,1,5H2,(H2,6,7)(H,8,9);2-3,6H,5H2,1H3,(H,7,8);1,3H2,(H,4,5)/t2-;2-,3+;/m01./s1. The molecule has 0 aliphatic heterocycles. The lowest BCUT2D eigenvalue weighted by molar-refractivity contribution is -0.141. The summed E-state index contributed by atoms with van der Waals surface area (Å²) in [6.07, 6.45) is -1.29. The minimum absolute atomic E-state index is 0.278. The van der Waals surface area contributed by atoms with Crippen LogP contribution in [0.5, 0.6) is 0 Å². The molecule has 22 heavy (non-hydrogen) atoms. The van der Waals surface area contributed by atoms with Gasteiger partial charge in [0.2, 0.25) is 5.91 Å². The van der Waals surface area contributed by atoms with Crippen LogP contribution in [0.15, 0.2) is 0 Å². The highest BCUT2D eigenvalue weighted by Gasteiger charge is 2.16. The van der Waals surface area contributed by atoms with Crippen molar-refractivity contribution in [1.29, 1.82) is 0 Å². The predicted octanol–water partition coefficient (Wildman–Crippen LogP) is -3.92. The van der Waals surface area contributed by atoms with Gasteiger partial charge in [0, 0.05) is 0 Å². The number of aliphatic hydroxyl groups is 1. The molecule has 0 heterocycles. The van der Waals surface area contributed by atoms with Crippen LogP contribution in [0.2, 0.25) is 0 Å². The van der Waals surface area contributed by atoms with Crippen molar-refractivity contribution in [2.45, 2.75) is 31.5 Å². The van der Waals surface area contributed by atoms with Crippen LogP contribution in [0.4, 0.5) is 0 Å². The van der Waals surface area contributed by atoms with E-state index in [1.54, 1.807) is 0 Å². The third-order valence-corrected chi connectivity index (χ3v) is 1.72. The largest absolute Gasteiger partial charge is 0.480 e. The highest BCUT2D eigenvalue weighted by molar-refractivity contribution is 5.83. The van der Waals surface area contributed by atoms with E-state index < -0.39 is 42.0 Å². The number of nitrogens with two attached hydrogens (primary N) is 4. The summed E-state index contributed by atoms with van der Waals surface area (Å²) in [5, 5.41) is 32.2. The SMILES string of the molecule is C[C@@H](O)[C@H](N)C(=O)O.NC(=O)C[C@H](N)C(=O)O.NCC(=O)O. The van der Waals surface area contributed by atoms with Gasteiger partial charge in [-0.15, -0.1) is 0 Å². The minimum Gasteiger partial charge on any atom is -0.480 e. The number of aliphatic hydroxyl groups excluding tert-OH is 1. The Balaban J connectivity index is -0.000000257. The van der Waals surface area contributed by atoms with E-state index >= 15 is 0 Å². The van der Waals surface area contributed by atoms with Crippen LogP contribution in [0.1, 0.15) is 13.3 Å². The number of hydrogen-bond acceptors (Lipinski definition) is 8. The third kappa shape index (κ3) is 20.0. The fourth-order valence-corrected chi connectivity index (χ4v) is 0.510. The third-order valence-electron chi connectivity index (χ3n) is 1.72. The number of carboxylic acids is 3. The van der Waals surface area contributed by atoms with Gasteiger partial charge < -0.3 is 43.4 Å². The van der Waals surface area contributed by atoms with Crippen LogP contribution in [0.25, 0.3) is 0 Å². The number of carbonyl (C=O) groups excluding carboxylic acids is 1. The molecule has 0 aliphatic rings. The lowest BCUT2D eigenvalue weighted by Gasteiger charge is -2.06. The van der Waals surface area contributed by atoms with E-state index in [1.165, 1.54) is 6.92 Å². The molecule has 0 unspecified atom stereocenters. The van der Waals surface area contributed by atoms with Gasteiger partial charge in [-0.05, 0) is 6.92 Å². The van der Waals surface area contributed by atoms with Crippen molar-refractivity contribution in [3.05, 3.63) is 0 Å². The summed E-state index contributed by atoms with van der Waals surface area (Å²) in [6.45, 7) is 1.05. The monoisotopic (exact) mass is 326 g/mol. The lowest BCUT2D eigenvalue weighted by Crippen LogP contribution is -2.39. The second kappa shape index (κ2) is 13.7. The molecule has 0 aromatic carbocycles. The molecule has 0 aromatic rings. The van der Waals surface area contributed by atoms with Crippen molar-refractivity contribution in [2.24, 2.45) is 22.9 Å². The number of hydrogen-bond donors (Lipinski definition) is 8. The zero-order chi connectivity index (χ0) is 18.5. The maximum Gasteiger partial charge on any atom is 0.323 e. The number of carboxylic acid groups (broad SMARTS) is 3. The Kier molecular flexibility index (Phi) is 15.4. The Bertz CT molecular complexity index is 374. The molecule has 0 bridgehead atoms. The van der Waals surface area contributed by atoms with E-state index in [1.807, 2.05) is 0 Å². The first-order chi connectivity index (χ1) is 9.86. The van der Waals surface area contributed by atoms with Gasteiger partial charge in [-0.2, -0.15) is 0 Å². The van der Waals surface area contributed by atoms with Crippen molar-refractivity contribution in [3.8, 4) is 0 Å². The fraction of sp³-hybridized carbons (Fsp3) is 0.600. The average Bonchev–Trinajstić information content (AvgIpc) is 2.37. The Labute approximate surface area is 125 Å². The molecule has 12 N–H and O–H groups in total. The van der Waals surface area contributed by atoms with Gasteiger partial charge >= 0.3 is 17.9 Å². The van der Waals surface area contributed by atoms with E-state index in [4.69, 9.17) is 31.9 Å². The second-order valence-corrected chi connectivity index (χ2v) is 3.82. The lowest BCUT2D eigenvalue weighted by atomic mass is 10.2. The van der Waals surface area contributed by atoms with Gasteiger partial charge in [0.25, 0.3) is 0 Å². The molecule has 130 valence electrons. The topological polar surface area (TPSA) is 253 Å². The van der Waals surface area contributed by atoms with Crippen LogP contribution < -0.4 is 22.9 Å². The molecule has 0 spiro atoms. The van der Waals surface area contributed by atoms with Crippen molar-refractivity contribution in [1.82, 2.24) is 0 Å². The Morgan fingerprint density at radius 2 is 1.36 bits per heavy atom. The highest BCUT2D eigenvalue weighted by atomic mass is 16.4. The van der Waals surface area contributed by atoms with E-state index in [0.717, 1.165) is 0 Å². The Morgan fingerprint density at radius 1 is 1.00 bits per heavy atom. The van der Waals surface area contributed by atoms with Gasteiger partial charge in [0.05, 0.1) is 19.1 Å². The highest BCUT2D eigenvalue weighted by Crippen LogP contribution is 1.86. The van der Waals surface area contributed by atoms with Crippen LogP contribution in [-0.2, 0) is 19.2 Å². The second-order valence-electron chi connectivity index (χ2n) is 3.82. The molecule has 0 fully saturated rings. The van der Waals surface area contributed by atoms with Crippen LogP contribution in [0, 0.1) is 0 Å². The molecule has 1 amide bonds. The summed E-state index contributed by atoms with van der Waals surface area (Å²) >= 11 is 0. The number of aliphatic carboxylic acids is 3. The van der Waals surface area contributed by atoms with Crippen molar-refractivity contribution in [3.63, 3.8) is 0 Å². The maximum atomic E-state index is 9.99. The number of amides is 1. The molecule has 12 heteroatoms. The first kappa shape index (κ1) is 24.7. The van der Waals surface area contributed by atoms with Crippen molar-refractivity contribution < 1.29 is 39.6 Å². The summed E-state index contributed by atoms with van der Waals surface area (Å²) in [6, 6.07) is -2.32. The maximum absolute atomic E-state index is 9.99. The van der Waals surface area contributed by atoms with Crippen molar-refractivity contribution in [2.75, 3.05) is 6.54 Å². The summed E-state index contributed by atoms with van der Waals surface area (Å²) in [7, 11) is 0. The molecular formula is C10H22N4O8. The normalized spacial score (nSPS) is 13.1. The fourth-order valence-electron chi connectivity index (χ4n) is 0.510. The molecule has 0 rings (SSSR count). The van der Waals surface area contributed by atoms with Gasteiger partial charge in [-0.25, -0.2) is 0 Å². The summed E-state index contributed by atoms with van der Waals surface area (Å²) in [5.74, 6) is -4.07. The van der Waals surface area contributed by atoms with Crippen molar-refractivity contribution >= 4 is 23.8 Å². The Morgan fingerprint density at radius 3 is 1.41 bits per heavy atom. The smallest absolute Gasteiger partial charge is 0.323 e.